The van der Waals surface area contributed by atoms with Gasteiger partial charge in [0, 0.05) is 16.7 Å². The predicted octanol–water partition coefficient (Wildman–Crippen LogP) is 5.53. The topological polar surface area (TPSA) is 66.4 Å². The number of hydrogen-bond donors (Lipinski definition) is 2. The van der Waals surface area contributed by atoms with Gasteiger partial charge in [-0.05, 0) is 80.5 Å². The van der Waals surface area contributed by atoms with Crippen LogP contribution in [-0.2, 0) is 0 Å². The maximum Gasteiger partial charge on any atom is 0.337 e. The second kappa shape index (κ2) is 6.47. The van der Waals surface area contributed by atoms with Crippen molar-refractivity contribution in [2.24, 2.45) is 23.2 Å². The molecule has 4 nitrogen and oxygen atoms in total. The molecule has 2 aromatic carbocycles. The quantitative estimate of drug-likeness (QED) is 0.675. The van der Waals surface area contributed by atoms with E-state index in [0.29, 0.717) is 34.7 Å². The average Bonchev–Trinajstić information content (AvgIpc) is 2.67. The molecule has 0 saturated heterocycles. The Kier molecular flexibility index (Phi) is 4.04. The van der Waals surface area contributed by atoms with Gasteiger partial charge in [-0.3, -0.25) is 4.79 Å². The summed E-state index contributed by atoms with van der Waals surface area (Å²) in [5.41, 5.74) is 1.92. The standard InChI is InChI=1S/C24H25NO3/c26-22(24-12-15-9-16(13-24)11-17(10-15)14-24)18-5-1-3-7-20(18)25-21-8-4-2-6-19(21)23(27)28/h1-8,15-17,25H,9-14H2,(H,27,28). The molecule has 4 saturated carbocycles. The summed E-state index contributed by atoms with van der Waals surface area (Å²) < 4.78 is 0. The minimum Gasteiger partial charge on any atom is -0.478 e. The number of carboxylic acids is 1. The molecule has 0 radical (unpaired) electrons. The summed E-state index contributed by atoms with van der Waals surface area (Å²) in [6, 6.07) is 14.4. The summed E-state index contributed by atoms with van der Waals surface area (Å²) in [5.74, 6) is 1.41. The fourth-order valence-electron chi connectivity index (χ4n) is 6.39. The van der Waals surface area contributed by atoms with E-state index in [4.69, 9.17) is 0 Å². The molecule has 0 aromatic heterocycles. The number of Topliss-reactive ketones (excluding diaryl/α,β-unsaturated/α-hetero) is 1. The highest BCUT2D eigenvalue weighted by Gasteiger charge is 2.54. The summed E-state index contributed by atoms with van der Waals surface area (Å²) in [4.78, 5) is 25.3. The van der Waals surface area contributed by atoms with Crippen LogP contribution in [0.15, 0.2) is 48.5 Å². The maximum absolute atomic E-state index is 13.8. The van der Waals surface area contributed by atoms with Gasteiger partial charge in [0.2, 0.25) is 0 Å². The van der Waals surface area contributed by atoms with E-state index in [9.17, 15) is 14.7 Å². The summed E-state index contributed by atoms with van der Waals surface area (Å²) >= 11 is 0. The van der Waals surface area contributed by atoms with E-state index >= 15 is 0 Å². The van der Waals surface area contributed by atoms with Crippen LogP contribution in [0, 0.1) is 23.2 Å². The van der Waals surface area contributed by atoms with Gasteiger partial charge in [-0.25, -0.2) is 4.79 Å². The summed E-state index contributed by atoms with van der Waals surface area (Å²) in [6.07, 6.45) is 6.99. The normalized spacial score (nSPS) is 30.2. The predicted molar refractivity (Wildman–Crippen MR) is 108 cm³/mol. The highest BCUT2D eigenvalue weighted by Crippen LogP contribution is 2.61. The van der Waals surface area contributed by atoms with Crippen molar-refractivity contribution in [3.63, 3.8) is 0 Å². The number of para-hydroxylation sites is 2. The number of rotatable bonds is 5. The summed E-state index contributed by atoms with van der Waals surface area (Å²) in [7, 11) is 0. The number of anilines is 2. The molecule has 6 rings (SSSR count). The molecule has 144 valence electrons. The molecule has 2 N–H and O–H groups in total. The number of carbonyl (C=O) groups is 2. The Morgan fingerprint density at radius 2 is 1.25 bits per heavy atom. The molecule has 2 aromatic rings. The summed E-state index contributed by atoms with van der Waals surface area (Å²) in [5, 5.41) is 12.7. The molecule has 0 atom stereocenters. The van der Waals surface area contributed by atoms with Gasteiger partial charge in [0.1, 0.15) is 0 Å². The number of hydrogen-bond acceptors (Lipinski definition) is 3. The van der Waals surface area contributed by atoms with Crippen LogP contribution in [0.3, 0.4) is 0 Å². The molecule has 0 amide bonds. The van der Waals surface area contributed by atoms with Crippen molar-refractivity contribution in [1.29, 1.82) is 0 Å². The van der Waals surface area contributed by atoms with Gasteiger partial charge >= 0.3 is 5.97 Å². The first-order valence-electron chi connectivity index (χ1n) is 10.3. The highest BCUT2D eigenvalue weighted by atomic mass is 16.4. The van der Waals surface area contributed by atoms with E-state index in [1.807, 2.05) is 24.3 Å². The Bertz CT molecular complexity index is 913. The molecule has 4 bridgehead atoms. The Morgan fingerprint density at radius 3 is 1.79 bits per heavy atom. The van der Waals surface area contributed by atoms with Gasteiger partial charge in [-0.15, -0.1) is 0 Å². The van der Waals surface area contributed by atoms with Crippen LogP contribution in [0.25, 0.3) is 0 Å². The molecular formula is C24H25NO3. The van der Waals surface area contributed by atoms with Gasteiger partial charge in [0.05, 0.1) is 11.3 Å². The average molecular weight is 375 g/mol. The summed E-state index contributed by atoms with van der Waals surface area (Å²) in [6.45, 7) is 0. The highest BCUT2D eigenvalue weighted by molar-refractivity contribution is 6.06. The van der Waals surface area contributed by atoms with Crippen molar-refractivity contribution in [1.82, 2.24) is 0 Å². The zero-order chi connectivity index (χ0) is 19.3. The lowest BCUT2D eigenvalue weighted by Gasteiger charge is -2.56. The molecule has 0 spiro atoms. The first-order chi connectivity index (χ1) is 13.5. The van der Waals surface area contributed by atoms with Gasteiger partial charge in [0.25, 0.3) is 0 Å². The van der Waals surface area contributed by atoms with E-state index in [0.717, 1.165) is 19.3 Å². The smallest absolute Gasteiger partial charge is 0.337 e. The minimum atomic E-state index is -0.979. The third kappa shape index (κ3) is 2.83. The van der Waals surface area contributed by atoms with Crippen LogP contribution in [0.4, 0.5) is 11.4 Å². The fourth-order valence-corrected chi connectivity index (χ4v) is 6.39. The van der Waals surface area contributed by atoms with Gasteiger partial charge in [-0.1, -0.05) is 24.3 Å². The zero-order valence-corrected chi connectivity index (χ0v) is 15.9. The van der Waals surface area contributed by atoms with Crippen molar-refractivity contribution < 1.29 is 14.7 Å². The zero-order valence-electron chi connectivity index (χ0n) is 15.9. The molecule has 0 unspecified atom stereocenters. The second-order valence-electron chi connectivity index (χ2n) is 9.05. The molecular weight excluding hydrogens is 350 g/mol. The number of aromatic carboxylic acids is 1. The van der Waals surface area contributed by atoms with Crippen LogP contribution >= 0.6 is 0 Å². The van der Waals surface area contributed by atoms with Crippen molar-refractivity contribution in [3.05, 3.63) is 59.7 Å². The van der Waals surface area contributed by atoms with Gasteiger partial charge < -0.3 is 10.4 Å². The number of nitrogens with one attached hydrogen (secondary N) is 1. The Hall–Kier alpha value is -2.62. The first-order valence-corrected chi connectivity index (χ1v) is 10.3. The lowest BCUT2D eigenvalue weighted by atomic mass is 9.48. The van der Waals surface area contributed by atoms with E-state index in [1.165, 1.54) is 19.3 Å². The number of ketones is 1. The van der Waals surface area contributed by atoms with Crippen molar-refractivity contribution in [2.45, 2.75) is 38.5 Å². The largest absolute Gasteiger partial charge is 0.478 e. The molecule has 28 heavy (non-hydrogen) atoms. The second-order valence-corrected chi connectivity index (χ2v) is 9.05. The van der Waals surface area contributed by atoms with Crippen LogP contribution < -0.4 is 5.32 Å². The lowest BCUT2D eigenvalue weighted by molar-refractivity contribution is -0.0352. The Labute approximate surface area is 165 Å². The molecule has 0 heterocycles. The number of carbonyl (C=O) groups excluding carboxylic acids is 1. The van der Waals surface area contributed by atoms with Crippen molar-refractivity contribution in [2.75, 3.05) is 5.32 Å². The molecule has 4 aliphatic rings. The molecule has 4 heteroatoms. The van der Waals surface area contributed by atoms with Crippen molar-refractivity contribution >= 4 is 23.1 Å². The number of benzene rings is 2. The fraction of sp³-hybridized carbons (Fsp3) is 0.417. The van der Waals surface area contributed by atoms with Crippen LogP contribution in [-0.4, -0.2) is 16.9 Å². The lowest BCUT2D eigenvalue weighted by Crippen LogP contribution is -2.50. The van der Waals surface area contributed by atoms with Crippen LogP contribution in [0.1, 0.15) is 59.2 Å². The van der Waals surface area contributed by atoms with Crippen LogP contribution in [0.5, 0.6) is 0 Å². The molecule has 4 fully saturated rings. The van der Waals surface area contributed by atoms with E-state index < -0.39 is 5.97 Å². The first kappa shape index (κ1) is 17.5. The van der Waals surface area contributed by atoms with E-state index in [2.05, 4.69) is 5.32 Å². The number of carboxylic acid groups (broad SMARTS) is 1. The van der Waals surface area contributed by atoms with E-state index in [1.54, 1.807) is 24.3 Å². The Morgan fingerprint density at radius 1 is 0.786 bits per heavy atom. The third-order valence-electron chi connectivity index (χ3n) is 7.12. The van der Waals surface area contributed by atoms with E-state index in [-0.39, 0.29) is 16.8 Å². The Balaban J connectivity index is 1.49. The SMILES string of the molecule is O=C(O)c1ccccc1Nc1ccccc1C(=O)C12CC3CC(CC(C3)C1)C2. The van der Waals surface area contributed by atoms with Crippen molar-refractivity contribution in [3.8, 4) is 0 Å². The molecule has 4 aliphatic carbocycles. The van der Waals surface area contributed by atoms with Crippen LogP contribution in [0.2, 0.25) is 0 Å². The van der Waals surface area contributed by atoms with Gasteiger partial charge in [-0.2, -0.15) is 0 Å². The molecule has 0 aliphatic heterocycles. The third-order valence-corrected chi connectivity index (χ3v) is 7.12. The van der Waals surface area contributed by atoms with Gasteiger partial charge in [0.15, 0.2) is 5.78 Å². The maximum atomic E-state index is 13.8. The monoisotopic (exact) mass is 375 g/mol. The minimum absolute atomic E-state index is 0.208.